The van der Waals surface area contributed by atoms with Crippen molar-refractivity contribution in [1.29, 1.82) is 0 Å². The number of allylic oxidation sites excluding steroid dienone is 1. The maximum Gasteiger partial charge on any atom is 0.185 e. The first-order valence-corrected chi connectivity index (χ1v) is 6.38. The van der Waals surface area contributed by atoms with Gasteiger partial charge in [-0.2, -0.15) is 0 Å². The molecule has 2 aromatic rings. The predicted octanol–water partition coefficient (Wildman–Crippen LogP) is 3.43. The van der Waals surface area contributed by atoms with Crippen LogP contribution in [0.25, 0.3) is 6.08 Å². The summed E-state index contributed by atoms with van der Waals surface area (Å²) >= 11 is 5.76. The Labute approximate surface area is 121 Å². The highest BCUT2D eigenvalue weighted by Gasteiger charge is 2.02. The van der Waals surface area contributed by atoms with Crippen LogP contribution >= 0.6 is 11.6 Å². The van der Waals surface area contributed by atoms with Gasteiger partial charge >= 0.3 is 0 Å². The summed E-state index contributed by atoms with van der Waals surface area (Å²) in [5, 5.41) is 19.1. The normalized spacial score (nSPS) is 10.9. The Morgan fingerprint density at radius 2 is 1.85 bits per heavy atom. The fourth-order valence-electron chi connectivity index (χ4n) is 1.72. The van der Waals surface area contributed by atoms with Crippen LogP contribution in [-0.2, 0) is 6.61 Å². The third kappa shape index (κ3) is 3.47. The Morgan fingerprint density at radius 1 is 1.15 bits per heavy atom. The van der Waals surface area contributed by atoms with Crippen molar-refractivity contribution in [2.45, 2.75) is 6.61 Å². The molecule has 0 radical (unpaired) electrons. The SMILES string of the molecule is O=C(/C=C/c1ccc(O)c(CO)c1)c1ccc(Cl)cc1. The second-order valence-electron chi connectivity index (χ2n) is 4.25. The van der Waals surface area contributed by atoms with Crippen molar-refractivity contribution in [3.63, 3.8) is 0 Å². The lowest BCUT2D eigenvalue weighted by atomic mass is 10.1. The number of phenols is 1. The lowest BCUT2D eigenvalue weighted by molar-refractivity contribution is 0.104. The number of aromatic hydroxyl groups is 1. The van der Waals surface area contributed by atoms with E-state index in [1.807, 2.05) is 0 Å². The quantitative estimate of drug-likeness (QED) is 0.669. The van der Waals surface area contributed by atoms with Crippen LogP contribution in [-0.4, -0.2) is 16.0 Å². The molecule has 0 bridgehead atoms. The molecule has 0 spiro atoms. The van der Waals surface area contributed by atoms with Crippen molar-refractivity contribution >= 4 is 23.5 Å². The summed E-state index contributed by atoms with van der Waals surface area (Å²) in [4.78, 5) is 11.9. The van der Waals surface area contributed by atoms with E-state index in [1.54, 1.807) is 42.5 Å². The number of halogens is 1. The van der Waals surface area contributed by atoms with Crippen LogP contribution < -0.4 is 0 Å². The van der Waals surface area contributed by atoms with Crippen LogP contribution in [0.3, 0.4) is 0 Å². The van der Waals surface area contributed by atoms with E-state index in [4.69, 9.17) is 16.7 Å². The summed E-state index contributed by atoms with van der Waals surface area (Å²) in [5.74, 6) is -0.103. The molecule has 102 valence electrons. The smallest absolute Gasteiger partial charge is 0.185 e. The summed E-state index contributed by atoms with van der Waals surface area (Å²) in [6.07, 6.45) is 3.08. The molecule has 20 heavy (non-hydrogen) atoms. The Balaban J connectivity index is 2.16. The minimum atomic E-state index is -0.251. The van der Waals surface area contributed by atoms with Gasteiger partial charge in [0.1, 0.15) is 5.75 Å². The van der Waals surface area contributed by atoms with Gasteiger partial charge < -0.3 is 10.2 Å². The molecule has 0 aliphatic heterocycles. The first kappa shape index (κ1) is 14.3. The molecule has 2 N–H and O–H groups in total. The van der Waals surface area contributed by atoms with Crippen LogP contribution in [0, 0.1) is 0 Å². The summed E-state index contributed by atoms with van der Waals surface area (Å²) < 4.78 is 0. The lowest BCUT2D eigenvalue weighted by Crippen LogP contribution is -1.93. The highest BCUT2D eigenvalue weighted by molar-refractivity contribution is 6.30. The Hall–Kier alpha value is -2.10. The number of ketones is 1. The molecular formula is C16H13ClO3. The van der Waals surface area contributed by atoms with Crippen molar-refractivity contribution in [3.05, 3.63) is 70.3 Å². The average Bonchev–Trinajstić information content (AvgIpc) is 2.46. The molecule has 2 rings (SSSR count). The molecule has 0 saturated carbocycles. The monoisotopic (exact) mass is 288 g/mol. The van der Waals surface area contributed by atoms with E-state index in [1.165, 1.54) is 12.1 Å². The molecule has 0 aliphatic rings. The number of benzene rings is 2. The molecular weight excluding hydrogens is 276 g/mol. The van der Waals surface area contributed by atoms with E-state index >= 15 is 0 Å². The van der Waals surface area contributed by atoms with Crippen LogP contribution in [0.15, 0.2) is 48.5 Å². The maximum absolute atomic E-state index is 11.9. The van der Waals surface area contributed by atoms with Gasteiger partial charge in [-0.25, -0.2) is 0 Å². The zero-order valence-electron chi connectivity index (χ0n) is 10.6. The molecule has 0 amide bonds. The van der Waals surface area contributed by atoms with E-state index in [0.717, 1.165) is 5.56 Å². The molecule has 3 nitrogen and oxygen atoms in total. The Bertz CT molecular complexity index is 645. The van der Waals surface area contributed by atoms with E-state index < -0.39 is 0 Å². The third-order valence-corrected chi connectivity index (χ3v) is 3.08. The molecule has 0 saturated heterocycles. The van der Waals surface area contributed by atoms with Gasteiger partial charge in [0, 0.05) is 16.1 Å². The number of carbonyl (C=O) groups excluding carboxylic acids is 1. The van der Waals surface area contributed by atoms with Gasteiger partial charge in [0.2, 0.25) is 0 Å². The van der Waals surface area contributed by atoms with Crippen LogP contribution in [0.2, 0.25) is 5.02 Å². The molecule has 0 fully saturated rings. The largest absolute Gasteiger partial charge is 0.508 e. The highest BCUT2D eigenvalue weighted by atomic mass is 35.5. The number of aliphatic hydroxyl groups is 1. The summed E-state index contributed by atoms with van der Waals surface area (Å²) in [6.45, 7) is -0.251. The topological polar surface area (TPSA) is 57.5 Å². The van der Waals surface area contributed by atoms with E-state index in [2.05, 4.69) is 0 Å². The third-order valence-electron chi connectivity index (χ3n) is 2.83. The molecule has 0 aromatic heterocycles. The number of hydrogen-bond donors (Lipinski definition) is 2. The molecule has 0 atom stereocenters. The molecule has 0 unspecified atom stereocenters. The van der Waals surface area contributed by atoms with Gasteiger partial charge in [0.25, 0.3) is 0 Å². The van der Waals surface area contributed by atoms with Crippen molar-refractivity contribution in [2.24, 2.45) is 0 Å². The van der Waals surface area contributed by atoms with E-state index in [0.29, 0.717) is 16.1 Å². The van der Waals surface area contributed by atoms with Gasteiger partial charge in [-0.1, -0.05) is 23.7 Å². The van der Waals surface area contributed by atoms with E-state index in [-0.39, 0.29) is 18.1 Å². The fourth-order valence-corrected chi connectivity index (χ4v) is 1.84. The van der Waals surface area contributed by atoms with Crippen LogP contribution in [0.5, 0.6) is 5.75 Å². The first-order valence-electron chi connectivity index (χ1n) is 6.01. The maximum atomic E-state index is 11.9. The van der Waals surface area contributed by atoms with Crippen molar-refractivity contribution in [3.8, 4) is 5.75 Å². The van der Waals surface area contributed by atoms with Crippen LogP contribution in [0.1, 0.15) is 21.5 Å². The number of hydrogen-bond acceptors (Lipinski definition) is 3. The van der Waals surface area contributed by atoms with E-state index in [9.17, 15) is 9.90 Å². The standard InChI is InChI=1S/C16H13ClO3/c17-14-5-3-12(4-6-14)15(19)7-1-11-2-8-16(20)13(9-11)10-18/h1-9,18,20H,10H2/b7-1+. The van der Waals surface area contributed by atoms with Crippen molar-refractivity contribution < 1.29 is 15.0 Å². The van der Waals surface area contributed by atoms with Crippen molar-refractivity contribution in [1.82, 2.24) is 0 Å². The number of carbonyl (C=O) groups is 1. The lowest BCUT2D eigenvalue weighted by Gasteiger charge is -2.02. The van der Waals surface area contributed by atoms with Gasteiger partial charge in [0.15, 0.2) is 5.78 Å². The summed E-state index contributed by atoms with van der Waals surface area (Å²) in [7, 11) is 0. The zero-order chi connectivity index (χ0) is 14.5. The second kappa shape index (κ2) is 6.37. The first-order chi connectivity index (χ1) is 9.60. The van der Waals surface area contributed by atoms with Crippen LogP contribution in [0.4, 0.5) is 0 Å². The van der Waals surface area contributed by atoms with Gasteiger partial charge in [-0.15, -0.1) is 0 Å². The molecule has 0 heterocycles. The number of rotatable bonds is 4. The number of aliphatic hydroxyl groups excluding tert-OH is 1. The molecule has 0 aliphatic carbocycles. The Morgan fingerprint density at radius 3 is 2.50 bits per heavy atom. The predicted molar refractivity (Wildman–Crippen MR) is 78.8 cm³/mol. The van der Waals surface area contributed by atoms with Gasteiger partial charge in [0.05, 0.1) is 6.61 Å². The minimum Gasteiger partial charge on any atom is -0.508 e. The summed E-state index contributed by atoms with van der Waals surface area (Å²) in [6, 6.07) is 11.4. The van der Waals surface area contributed by atoms with Gasteiger partial charge in [-0.05, 0) is 48.0 Å². The average molecular weight is 289 g/mol. The highest BCUT2D eigenvalue weighted by Crippen LogP contribution is 2.19. The Kier molecular flexibility index (Phi) is 4.56. The second-order valence-corrected chi connectivity index (χ2v) is 4.69. The summed E-state index contributed by atoms with van der Waals surface area (Å²) in [5.41, 5.74) is 1.70. The minimum absolute atomic E-state index is 0.0358. The molecule has 2 aromatic carbocycles. The van der Waals surface area contributed by atoms with Gasteiger partial charge in [-0.3, -0.25) is 4.79 Å². The zero-order valence-corrected chi connectivity index (χ0v) is 11.3. The fraction of sp³-hybridized carbons (Fsp3) is 0.0625. The molecule has 4 heteroatoms. The van der Waals surface area contributed by atoms with Crippen molar-refractivity contribution in [2.75, 3.05) is 0 Å².